The number of phenolic OH excluding ortho intramolecular Hbond substituents is 1. The molecule has 0 aliphatic carbocycles. The predicted molar refractivity (Wildman–Crippen MR) is 56.9 cm³/mol. The van der Waals surface area contributed by atoms with E-state index in [1.54, 1.807) is 7.11 Å². The predicted octanol–water partition coefficient (Wildman–Crippen LogP) is 1.77. The lowest BCUT2D eigenvalue weighted by atomic mass is 9.98. The minimum Gasteiger partial charge on any atom is -0.504 e. The van der Waals surface area contributed by atoms with Crippen molar-refractivity contribution in [3.05, 3.63) is 23.3 Å². The van der Waals surface area contributed by atoms with Gasteiger partial charge in [0.2, 0.25) is 0 Å². The third kappa shape index (κ3) is 1.82. The Balaban J connectivity index is 3.21. The maximum absolute atomic E-state index is 9.89. The Morgan fingerprint density at radius 3 is 2.64 bits per heavy atom. The standard InChI is InChI=1S/C11H17NO2/c1-7-4-5-9(8(2)6-12)10(13)11(7)14-3/h4-5,8,13H,6,12H2,1-3H3. The van der Waals surface area contributed by atoms with E-state index in [0.29, 0.717) is 12.3 Å². The third-order valence-corrected chi connectivity index (χ3v) is 2.45. The molecule has 1 aromatic carbocycles. The monoisotopic (exact) mass is 195 g/mol. The lowest BCUT2D eigenvalue weighted by Crippen LogP contribution is -2.09. The Morgan fingerprint density at radius 2 is 2.14 bits per heavy atom. The number of nitrogens with two attached hydrogens (primary N) is 1. The largest absolute Gasteiger partial charge is 0.504 e. The second-order valence-corrected chi connectivity index (χ2v) is 3.49. The van der Waals surface area contributed by atoms with Crippen LogP contribution in [0.4, 0.5) is 0 Å². The van der Waals surface area contributed by atoms with Gasteiger partial charge in [-0.3, -0.25) is 0 Å². The summed E-state index contributed by atoms with van der Waals surface area (Å²) < 4.78 is 5.12. The molecule has 3 heteroatoms. The first-order chi connectivity index (χ1) is 6.61. The van der Waals surface area contributed by atoms with E-state index in [-0.39, 0.29) is 11.7 Å². The van der Waals surface area contributed by atoms with Gasteiger partial charge in [0.15, 0.2) is 11.5 Å². The Labute approximate surface area is 84.5 Å². The SMILES string of the molecule is COc1c(C)ccc(C(C)CN)c1O. The van der Waals surface area contributed by atoms with Crippen LogP contribution in [-0.2, 0) is 0 Å². The van der Waals surface area contributed by atoms with Crippen LogP contribution in [0.25, 0.3) is 0 Å². The molecule has 0 saturated heterocycles. The molecule has 78 valence electrons. The molecule has 1 unspecified atom stereocenters. The van der Waals surface area contributed by atoms with Gasteiger partial charge in [-0.1, -0.05) is 19.1 Å². The summed E-state index contributed by atoms with van der Waals surface area (Å²) in [5.74, 6) is 0.901. The van der Waals surface area contributed by atoms with Crippen molar-refractivity contribution in [1.82, 2.24) is 0 Å². The van der Waals surface area contributed by atoms with E-state index in [9.17, 15) is 5.11 Å². The molecule has 0 bridgehead atoms. The molecule has 0 radical (unpaired) electrons. The summed E-state index contributed by atoms with van der Waals surface area (Å²) in [6, 6.07) is 3.82. The summed E-state index contributed by atoms with van der Waals surface area (Å²) in [5, 5.41) is 9.89. The van der Waals surface area contributed by atoms with Crippen molar-refractivity contribution in [1.29, 1.82) is 0 Å². The molecule has 1 atom stereocenters. The van der Waals surface area contributed by atoms with Crippen molar-refractivity contribution in [2.45, 2.75) is 19.8 Å². The Hall–Kier alpha value is -1.22. The van der Waals surface area contributed by atoms with E-state index in [2.05, 4.69) is 0 Å². The van der Waals surface area contributed by atoms with Gasteiger partial charge in [-0.2, -0.15) is 0 Å². The molecule has 1 aromatic rings. The fraction of sp³-hybridized carbons (Fsp3) is 0.455. The minimum absolute atomic E-state index is 0.143. The third-order valence-electron chi connectivity index (χ3n) is 2.45. The van der Waals surface area contributed by atoms with Crippen molar-refractivity contribution in [2.75, 3.05) is 13.7 Å². The van der Waals surface area contributed by atoms with E-state index in [1.165, 1.54) is 0 Å². The number of aromatic hydroxyl groups is 1. The van der Waals surface area contributed by atoms with Crippen LogP contribution in [-0.4, -0.2) is 18.8 Å². The molecule has 0 spiro atoms. The van der Waals surface area contributed by atoms with Gasteiger partial charge in [0.05, 0.1) is 7.11 Å². The van der Waals surface area contributed by atoms with Crippen molar-refractivity contribution >= 4 is 0 Å². The van der Waals surface area contributed by atoms with E-state index in [4.69, 9.17) is 10.5 Å². The molecule has 0 aliphatic rings. The number of benzene rings is 1. The summed E-state index contributed by atoms with van der Waals surface area (Å²) in [6.45, 7) is 4.39. The number of hydrogen-bond acceptors (Lipinski definition) is 3. The molecule has 3 N–H and O–H groups in total. The van der Waals surface area contributed by atoms with E-state index < -0.39 is 0 Å². The highest BCUT2D eigenvalue weighted by Gasteiger charge is 2.14. The van der Waals surface area contributed by atoms with Gasteiger partial charge in [-0.15, -0.1) is 0 Å². The number of aryl methyl sites for hydroxylation is 1. The van der Waals surface area contributed by atoms with Gasteiger partial charge in [-0.25, -0.2) is 0 Å². The zero-order valence-electron chi connectivity index (χ0n) is 8.87. The molecule has 0 heterocycles. The molecule has 0 amide bonds. The number of rotatable bonds is 3. The zero-order chi connectivity index (χ0) is 10.7. The van der Waals surface area contributed by atoms with Gasteiger partial charge in [0.25, 0.3) is 0 Å². The highest BCUT2D eigenvalue weighted by Crippen LogP contribution is 2.36. The Morgan fingerprint density at radius 1 is 1.50 bits per heavy atom. The zero-order valence-corrected chi connectivity index (χ0v) is 8.87. The maximum Gasteiger partial charge on any atom is 0.163 e. The average Bonchev–Trinajstić information content (AvgIpc) is 2.18. The minimum atomic E-state index is 0.143. The van der Waals surface area contributed by atoms with Crippen molar-refractivity contribution in [3.8, 4) is 11.5 Å². The Bertz CT molecular complexity index is 323. The first-order valence-electron chi connectivity index (χ1n) is 4.68. The topological polar surface area (TPSA) is 55.5 Å². The van der Waals surface area contributed by atoms with Gasteiger partial charge in [0.1, 0.15) is 0 Å². The van der Waals surface area contributed by atoms with Crippen LogP contribution in [0.5, 0.6) is 11.5 Å². The molecule has 1 rings (SSSR count). The number of ether oxygens (including phenoxy) is 1. The molecule has 0 aliphatic heterocycles. The molecule has 14 heavy (non-hydrogen) atoms. The maximum atomic E-state index is 9.89. The van der Waals surface area contributed by atoms with Crippen LogP contribution < -0.4 is 10.5 Å². The highest BCUT2D eigenvalue weighted by atomic mass is 16.5. The number of phenols is 1. The highest BCUT2D eigenvalue weighted by molar-refractivity contribution is 5.51. The second-order valence-electron chi connectivity index (χ2n) is 3.49. The van der Waals surface area contributed by atoms with Crippen LogP contribution in [0.3, 0.4) is 0 Å². The van der Waals surface area contributed by atoms with E-state index in [0.717, 1.165) is 11.1 Å². The molecule has 3 nitrogen and oxygen atoms in total. The lowest BCUT2D eigenvalue weighted by Gasteiger charge is -2.15. The van der Waals surface area contributed by atoms with Gasteiger partial charge in [0, 0.05) is 5.56 Å². The van der Waals surface area contributed by atoms with E-state index in [1.807, 2.05) is 26.0 Å². The quantitative estimate of drug-likeness (QED) is 0.772. The summed E-state index contributed by atoms with van der Waals surface area (Å²) in [4.78, 5) is 0. The fourth-order valence-electron chi connectivity index (χ4n) is 1.47. The van der Waals surface area contributed by atoms with Gasteiger partial charge in [-0.05, 0) is 24.9 Å². The smallest absolute Gasteiger partial charge is 0.163 e. The van der Waals surface area contributed by atoms with Crippen LogP contribution in [0.15, 0.2) is 12.1 Å². The average molecular weight is 195 g/mol. The van der Waals surface area contributed by atoms with Crippen molar-refractivity contribution in [2.24, 2.45) is 5.73 Å². The normalized spacial score (nSPS) is 12.6. The summed E-state index contributed by atoms with van der Waals surface area (Å²) >= 11 is 0. The first kappa shape index (κ1) is 10.9. The van der Waals surface area contributed by atoms with Gasteiger partial charge >= 0.3 is 0 Å². The number of hydrogen-bond donors (Lipinski definition) is 2. The van der Waals surface area contributed by atoms with Crippen molar-refractivity contribution < 1.29 is 9.84 Å². The Kier molecular flexibility index (Phi) is 3.36. The number of methoxy groups -OCH3 is 1. The summed E-state index contributed by atoms with van der Waals surface area (Å²) in [5.41, 5.74) is 7.32. The molecule has 0 aromatic heterocycles. The molecular weight excluding hydrogens is 178 g/mol. The molecule has 0 saturated carbocycles. The van der Waals surface area contributed by atoms with Crippen molar-refractivity contribution in [3.63, 3.8) is 0 Å². The van der Waals surface area contributed by atoms with Crippen LogP contribution in [0.2, 0.25) is 0 Å². The van der Waals surface area contributed by atoms with E-state index >= 15 is 0 Å². The van der Waals surface area contributed by atoms with Crippen LogP contribution in [0, 0.1) is 6.92 Å². The summed E-state index contributed by atoms with van der Waals surface area (Å²) in [7, 11) is 1.55. The fourth-order valence-corrected chi connectivity index (χ4v) is 1.47. The second kappa shape index (κ2) is 4.33. The first-order valence-corrected chi connectivity index (χ1v) is 4.68. The van der Waals surface area contributed by atoms with Gasteiger partial charge < -0.3 is 15.6 Å². The lowest BCUT2D eigenvalue weighted by molar-refractivity contribution is 0.366. The van der Waals surface area contributed by atoms with Crippen LogP contribution in [0.1, 0.15) is 24.0 Å². The summed E-state index contributed by atoms with van der Waals surface area (Å²) in [6.07, 6.45) is 0. The molecular formula is C11H17NO2. The van der Waals surface area contributed by atoms with Crippen LogP contribution >= 0.6 is 0 Å². The molecule has 0 fully saturated rings.